The lowest BCUT2D eigenvalue weighted by atomic mass is 9.34. The average Bonchev–Trinajstić information content (AvgIpc) is 2.99. The average molecular weight is 532 g/mol. The molecule has 41 heavy (non-hydrogen) atoms. The van der Waals surface area contributed by atoms with Crippen molar-refractivity contribution in [2.24, 2.45) is 0 Å². The molecule has 0 saturated carbocycles. The van der Waals surface area contributed by atoms with Crippen LogP contribution in [-0.4, -0.2) is 6.71 Å². The van der Waals surface area contributed by atoms with Gasteiger partial charge in [-0.3, -0.25) is 0 Å². The molecule has 1 aliphatic carbocycles. The van der Waals surface area contributed by atoms with Gasteiger partial charge in [-0.1, -0.05) is 119 Å². The molecule has 2 nitrogen and oxygen atoms in total. The van der Waals surface area contributed by atoms with Gasteiger partial charge >= 0.3 is 0 Å². The maximum Gasteiger partial charge on any atom is 0.260 e. The lowest BCUT2D eigenvalue weighted by Gasteiger charge is -2.42. The molecule has 0 spiro atoms. The lowest BCUT2D eigenvalue weighted by molar-refractivity contribution is 0.332. The second-order valence-corrected chi connectivity index (χ2v) is 13.1. The van der Waals surface area contributed by atoms with Gasteiger partial charge in [0.05, 0.1) is 0 Å². The fraction of sp³-hybridized carbons (Fsp3) is 0.211. The summed E-state index contributed by atoms with van der Waals surface area (Å²) in [7, 11) is 0. The Morgan fingerprint density at radius 1 is 0.537 bits per heavy atom. The summed E-state index contributed by atoms with van der Waals surface area (Å²) >= 11 is 0. The lowest BCUT2D eigenvalue weighted by Crippen LogP contribution is -2.57. The van der Waals surface area contributed by atoms with Gasteiger partial charge in [-0.05, 0) is 69.0 Å². The molecule has 3 heteroatoms. The van der Waals surface area contributed by atoms with Gasteiger partial charge in [-0.2, -0.15) is 0 Å². The Hall–Kier alpha value is -4.24. The Balaban J connectivity index is 1.33. The highest BCUT2D eigenvalue weighted by molar-refractivity contribution is 6.98. The quantitative estimate of drug-likeness (QED) is 0.210. The highest BCUT2D eigenvalue weighted by Crippen LogP contribution is 2.48. The summed E-state index contributed by atoms with van der Waals surface area (Å²) in [5, 5.41) is 0. The fourth-order valence-electron chi connectivity index (χ4n) is 7.31. The van der Waals surface area contributed by atoms with Crippen LogP contribution in [0.3, 0.4) is 0 Å². The summed E-state index contributed by atoms with van der Waals surface area (Å²) in [6, 6.07) is 37.0. The molecule has 0 amide bonds. The number of rotatable bonds is 2. The zero-order chi connectivity index (χ0) is 27.9. The normalized spacial score (nSPS) is 16.8. The fourth-order valence-corrected chi connectivity index (χ4v) is 7.31. The van der Waals surface area contributed by atoms with E-state index in [0.29, 0.717) is 0 Å². The van der Waals surface area contributed by atoms with Crippen LogP contribution in [0, 0.1) is 0 Å². The molecule has 0 unspecified atom stereocenters. The van der Waals surface area contributed by atoms with Gasteiger partial charge < -0.3 is 9.47 Å². The van der Waals surface area contributed by atoms with E-state index < -0.39 is 0 Å². The topological polar surface area (TPSA) is 18.5 Å². The molecule has 8 rings (SSSR count). The molecular formula is C38H33BO2. The maximum atomic E-state index is 6.80. The predicted molar refractivity (Wildman–Crippen MR) is 170 cm³/mol. The van der Waals surface area contributed by atoms with Gasteiger partial charge in [-0.15, -0.1) is 0 Å². The standard InChI is InChI=1S/C38H33BO2/c1-37(2)21-22-38(3,4)29-23-25(19-20-28(29)37)27-14-9-16-31-36(27)41-33-18-10-17-32-34(33)39(31)30-15-8-13-26(35(30)40-32)24-11-6-5-7-12-24/h5-20,23H,21-22H2,1-4H3. The Bertz CT molecular complexity index is 1850. The van der Waals surface area contributed by atoms with E-state index in [9.17, 15) is 0 Å². The number of hydrogen-bond donors (Lipinski definition) is 0. The molecule has 0 bridgehead atoms. The Labute approximate surface area is 243 Å². The van der Waals surface area contributed by atoms with Gasteiger partial charge in [0.1, 0.15) is 23.0 Å². The second-order valence-electron chi connectivity index (χ2n) is 13.1. The van der Waals surface area contributed by atoms with E-state index in [0.717, 1.165) is 45.2 Å². The van der Waals surface area contributed by atoms with E-state index in [2.05, 4.69) is 125 Å². The van der Waals surface area contributed by atoms with Crippen molar-refractivity contribution in [2.45, 2.75) is 51.4 Å². The summed E-state index contributed by atoms with van der Waals surface area (Å²) in [6.07, 6.45) is 2.40. The minimum Gasteiger partial charge on any atom is -0.458 e. The Morgan fingerprint density at radius 2 is 1.10 bits per heavy atom. The van der Waals surface area contributed by atoms with E-state index in [1.54, 1.807) is 0 Å². The summed E-state index contributed by atoms with van der Waals surface area (Å²) in [6.45, 7) is 9.58. The minimum atomic E-state index is 0.0327. The van der Waals surface area contributed by atoms with Gasteiger partial charge in [0, 0.05) is 16.6 Å². The number of ether oxygens (including phenoxy) is 2. The Kier molecular flexibility index (Phi) is 5.17. The van der Waals surface area contributed by atoms with Gasteiger partial charge in [0.15, 0.2) is 0 Å². The maximum absolute atomic E-state index is 6.80. The van der Waals surface area contributed by atoms with E-state index in [4.69, 9.17) is 9.47 Å². The van der Waals surface area contributed by atoms with Crippen LogP contribution >= 0.6 is 0 Å². The van der Waals surface area contributed by atoms with Crippen molar-refractivity contribution in [2.75, 3.05) is 0 Å². The summed E-state index contributed by atoms with van der Waals surface area (Å²) in [5.41, 5.74) is 11.4. The van der Waals surface area contributed by atoms with Crippen molar-refractivity contribution in [3.05, 3.63) is 114 Å². The molecule has 0 N–H and O–H groups in total. The number of hydrogen-bond acceptors (Lipinski definition) is 2. The molecule has 200 valence electrons. The molecule has 0 fully saturated rings. The summed E-state index contributed by atoms with van der Waals surface area (Å²) in [4.78, 5) is 0. The van der Waals surface area contributed by atoms with Gasteiger partial charge in [0.25, 0.3) is 6.71 Å². The van der Waals surface area contributed by atoms with Crippen LogP contribution in [0.4, 0.5) is 0 Å². The molecule has 0 aromatic heterocycles. The van der Waals surface area contributed by atoms with Crippen LogP contribution in [0.5, 0.6) is 23.0 Å². The van der Waals surface area contributed by atoms with Crippen LogP contribution in [-0.2, 0) is 10.8 Å². The van der Waals surface area contributed by atoms with Crippen molar-refractivity contribution >= 4 is 23.1 Å². The van der Waals surface area contributed by atoms with Crippen LogP contribution in [0.25, 0.3) is 22.3 Å². The van der Waals surface area contributed by atoms with E-state index in [1.165, 1.54) is 40.5 Å². The Morgan fingerprint density at radius 3 is 1.73 bits per heavy atom. The van der Waals surface area contributed by atoms with Crippen molar-refractivity contribution in [3.8, 4) is 45.3 Å². The monoisotopic (exact) mass is 532 g/mol. The SMILES string of the molecule is CC1(C)CCC(C)(C)c2cc(-c3cccc4c3Oc3cccc5c3B4c3cccc(-c4ccccc4)c3O5)ccc21. The summed E-state index contributed by atoms with van der Waals surface area (Å²) < 4.78 is 13.5. The molecule has 0 radical (unpaired) electrons. The summed E-state index contributed by atoms with van der Waals surface area (Å²) in [5.74, 6) is 3.64. The van der Waals surface area contributed by atoms with Gasteiger partial charge in [0.2, 0.25) is 0 Å². The molecule has 0 saturated heterocycles. The smallest absolute Gasteiger partial charge is 0.260 e. The first-order chi connectivity index (χ1) is 19.8. The zero-order valence-electron chi connectivity index (χ0n) is 24.1. The molecule has 3 aliphatic rings. The first kappa shape index (κ1) is 24.6. The minimum absolute atomic E-state index is 0.0327. The first-order valence-corrected chi connectivity index (χ1v) is 14.8. The second kappa shape index (κ2) is 8.63. The van der Waals surface area contributed by atoms with E-state index in [1.807, 2.05) is 6.07 Å². The predicted octanol–water partition coefficient (Wildman–Crippen LogP) is 8.10. The van der Waals surface area contributed by atoms with Gasteiger partial charge in [-0.25, -0.2) is 0 Å². The third-order valence-electron chi connectivity index (χ3n) is 9.70. The first-order valence-electron chi connectivity index (χ1n) is 14.8. The number of para-hydroxylation sites is 2. The van der Waals surface area contributed by atoms with Crippen molar-refractivity contribution in [3.63, 3.8) is 0 Å². The van der Waals surface area contributed by atoms with Crippen molar-refractivity contribution < 1.29 is 9.47 Å². The highest BCUT2D eigenvalue weighted by atomic mass is 16.5. The molecule has 2 heterocycles. The zero-order valence-corrected chi connectivity index (χ0v) is 24.1. The van der Waals surface area contributed by atoms with Crippen LogP contribution in [0.2, 0.25) is 0 Å². The van der Waals surface area contributed by atoms with Crippen LogP contribution in [0.1, 0.15) is 51.7 Å². The van der Waals surface area contributed by atoms with Crippen LogP contribution < -0.4 is 25.9 Å². The van der Waals surface area contributed by atoms with Crippen molar-refractivity contribution in [1.29, 1.82) is 0 Å². The largest absolute Gasteiger partial charge is 0.458 e. The number of benzene rings is 5. The third kappa shape index (κ3) is 3.65. The molecular weight excluding hydrogens is 499 g/mol. The highest BCUT2D eigenvalue weighted by Gasteiger charge is 2.42. The van der Waals surface area contributed by atoms with Crippen molar-refractivity contribution in [1.82, 2.24) is 0 Å². The van der Waals surface area contributed by atoms with Crippen LogP contribution in [0.15, 0.2) is 103 Å². The number of fused-ring (bicyclic) bond motifs is 5. The molecule has 5 aromatic carbocycles. The molecule has 2 aliphatic heterocycles. The molecule has 5 aromatic rings. The van der Waals surface area contributed by atoms with E-state index in [-0.39, 0.29) is 17.5 Å². The molecule has 0 atom stereocenters. The third-order valence-corrected chi connectivity index (χ3v) is 9.70. The van der Waals surface area contributed by atoms with E-state index >= 15 is 0 Å².